The molecule has 6 aromatic rings. The van der Waals surface area contributed by atoms with Gasteiger partial charge in [0.15, 0.2) is 0 Å². The van der Waals surface area contributed by atoms with E-state index in [-0.39, 0.29) is 0 Å². The summed E-state index contributed by atoms with van der Waals surface area (Å²) in [6, 6.07) is 54.1. The van der Waals surface area contributed by atoms with Gasteiger partial charge in [-0.2, -0.15) is 0 Å². The third-order valence-corrected chi connectivity index (χ3v) is 19.0. The first-order chi connectivity index (χ1) is 16.4. The van der Waals surface area contributed by atoms with Gasteiger partial charge in [0, 0.05) is 0 Å². The van der Waals surface area contributed by atoms with E-state index >= 15 is 0 Å². The Morgan fingerprint density at radius 2 is 0.667 bits per heavy atom. The van der Waals surface area contributed by atoms with Gasteiger partial charge in [0.2, 0.25) is 0 Å². The molecular formula is C32H24Sb. The number of rotatable bonds is 4. The van der Waals surface area contributed by atoms with Crippen molar-refractivity contribution in [2.45, 2.75) is 0 Å². The summed E-state index contributed by atoms with van der Waals surface area (Å²) in [4.78, 5) is 0. The van der Waals surface area contributed by atoms with Crippen molar-refractivity contribution in [3.8, 4) is 0 Å². The van der Waals surface area contributed by atoms with Gasteiger partial charge in [-0.05, 0) is 0 Å². The normalized spacial score (nSPS) is 11.6. The molecule has 1 heteroatoms. The van der Waals surface area contributed by atoms with E-state index in [1.807, 2.05) is 0 Å². The molecule has 0 amide bonds. The molecule has 0 saturated carbocycles. The van der Waals surface area contributed by atoms with Crippen molar-refractivity contribution in [1.82, 2.24) is 0 Å². The van der Waals surface area contributed by atoms with Gasteiger partial charge in [0.05, 0.1) is 0 Å². The molecule has 0 saturated heterocycles. The van der Waals surface area contributed by atoms with Crippen LogP contribution in [0.2, 0.25) is 0 Å². The molecule has 1 radical (unpaired) electrons. The fourth-order valence-electron chi connectivity index (χ4n) is 5.14. The Kier molecular flexibility index (Phi) is 5.25. The van der Waals surface area contributed by atoms with Crippen LogP contribution in [0.15, 0.2) is 146 Å². The van der Waals surface area contributed by atoms with E-state index in [2.05, 4.69) is 146 Å². The predicted octanol–water partition coefficient (Wildman–Crippen LogP) is 5.37. The predicted molar refractivity (Wildman–Crippen MR) is 145 cm³/mol. The summed E-state index contributed by atoms with van der Waals surface area (Å²) in [5.74, 6) is 0. The summed E-state index contributed by atoms with van der Waals surface area (Å²) < 4.78 is 5.94. The van der Waals surface area contributed by atoms with Crippen molar-refractivity contribution in [2.24, 2.45) is 0 Å². The van der Waals surface area contributed by atoms with Crippen molar-refractivity contribution in [3.05, 3.63) is 146 Å². The summed E-state index contributed by atoms with van der Waals surface area (Å²) in [6.45, 7) is 0. The summed E-state index contributed by atoms with van der Waals surface area (Å²) >= 11 is -3.58. The summed E-state index contributed by atoms with van der Waals surface area (Å²) in [5.41, 5.74) is 0. The van der Waals surface area contributed by atoms with Crippen LogP contribution in [0.5, 0.6) is 0 Å². The maximum atomic E-state index is 2.36. The van der Waals surface area contributed by atoms with Crippen LogP contribution in [0.3, 0.4) is 0 Å². The van der Waals surface area contributed by atoms with Gasteiger partial charge < -0.3 is 0 Å². The molecule has 0 fully saturated rings. The zero-order valence-corrected chi connectivity index (χ0v) is 20.9. The molecule has 6 aromatic carbocycles. The van der Waals surface area contributed by atoms with E-state index in [0.717, 1.165) is 0 Å². The van der Waals surface area contributed by atoms with Crippen LogP contribution in [0.1, 0.15) is 0 Å². The minimum absolute atomic E-state index is 1.31. The molecule has 0 aliphatic carbocycles. The Labute approximate surface area is 199 Å². The molecule has 0 N–H and O–H groups in total. The second-order valence-corrected chi connectivity index (χ2v) is 17.9. The molecule has 33 heavy (non-hydrogen) atoms. The molecule has 157 valence electrons. The van der Waals surface area contributed by atoms with Crippen LogP contribution < -0.4 is 14.0 Å². The molecule has 0 unspecified atom stereocenters. The molecule has 0 atom stereocenters. The molecule has 0 aromatic heterocycles. The third kappa shape index (κ3) is 3.29. The standard InChI is InChI=1S/C14H9.3C6H5.Sb/c1-2-6-12-10-14-8-4-3-7-13(14)9-11(12)5-1;3*1-2-4-6-5-3-1;/h1-9H;3*1-5H;. The maximum absolute atomic E-state index is 3.58. The van der Waals surface area contributed by atoms with Gasteiger partial charge in [-0.3, -0.25) is 0 Å². The van der Waals surface area contributed by atoms with Crippen LogP contribution in [0.25, 0.3) is 21.5 Å². The molecule has 6 rings (SSSR count). The first-order valence-electron chi connectivity index (χ1n) is 11.4. The monoisotopic (exact) mass is 529 g/mol. The molecule has 0 bridgehead atoms. The Balaban J connectivity index is 1.91. The molecule has 0 spiro atoms. The van der Waals surface area contributed by atoms with Crippen LogP contribution in [-0.4, -0.2) is 18.8 Å². The van der Waals surface area contributed by atoms with E-state index in [1.165, 1.54) is 35.6 Å². The second-order valence-electron chi connectivity index (χ2n) is 8.34. The van der Waals surface area contributed by atoms with Crippen molar-refractivity contribution >= 4 is 54.4 Å². The molecule has 0 aliphatic heterocycles. The van der Waals surface area contributed by atoms with Crippen molar-refractivity contribution in [2.75, 3.05) is 0 Å². The van der Waals surface area contributed by atoms with Crippen molar-refractivity contribution in [3.63, 3.8) is 0 Å². The SMILES string of the molecule is c1cc[c]([Sb]([c]2ccccc2)([c]2ccccc2)[c]2c3ccccc3cc3ccccc23)cc1. The Bertz CT molecular complexity index is 1390. The van der Waals surface area contributed by atoms with Crippen LogP contribution in [-0.2, 0) is 0 Å². The molecule has 0 nitrogen and oxygen atoms in total. The van der Waals surface area contributed by atoms with E-state index in [9.17, 15) is 0 Å². The topological polar surface area (TPSA) is 0 Å². The number of fused-ring (bicyclic) bond motifs is 2. The Hall–Kier alpha value is -3.34. The Morgan fingerprint density at radius 3 is 1.06 bits per heavy atom. The van der Waals surface area contributed by atoms with Gasteiger partial charge in [-0.15, -0.1) is 0 Å². The first-order valence-corrected chi connectivity index (χ1v) is 16.5. The average molecular weight is 530 g/mol. The minimum atomic E-state index is -3.58. The fraction of sp³-hybridized carbons (Fsp3) is 0. The third-order valence-electron chi connectivity index (χ3n) is 6.51. The van der Waals surface area contributed by atoms with Crippen LogP contribution in [0.4, 0.5) is 0 Å². The van der Waals surface area contributed by atoms with Crippen molar-refractivity contribution in [1.29, 1.82) is 0 Å². The van der Waals surface area contributed by atoms with Gasteiger partial charge >= 0.3 is 200 Å². The summed E-state index contributed by atoms with van der Waals surface area (Å²) in [7, 11) is 0. The number of hydrogen-bond donors (Lipinski definition) is 0. The molecule has 0 heterocycles. The quantitative estimate of drug-likeness (QED) is 0.213. The second kappa shape index (κ2) is 8.54. The van der Waals surface area contributed by atoms with Gasteiger partial charge in [0.25, 0.3) is 0 Å². The van der Waals surface area contributed by atoms with E-state index < -0.39 is 18.8 Å². The zero-order valence-electron chi connectivity index (χ0n) is 18.3. The van der Waals surface area contributed by atoms with Crippen LogP contribution >= 0.6 is 0 Å². The van der Waals surface area contributed by atoms with Crippen molar-refractivity contribution < 1.29 is 0 Å². The zero-order chi connectivity index (χ0) is 22.1. The van der Waals surface area contributed by atoms with E-state index in [1.54, 1.807) is 0 Å². The fourth-order valence-corrected chi connectivity index (χ4v) is 18.4. The average Bonchev–Trinajstić information content (AvgIpc) is 2.90. The van der Waals surface area contributed by atoms with E-state index in [0.29, 0.717) is 0 Å². The molecule has 0 aliphatic rings. The summed E-state index contributed by atoms with van der Waals surface area (Å²) in [6.07, 6.45) is 0. The van der Waals surface area contributed by atoms with Gasteiger partial charge in [0.1, 0.15) is 0 Å². The molecular weight excluding hydrogens is 506 g/mol. The van der Waals surface area contributed by atoms with Crippen LogP contribution in [0, 0.1) is 0 Å². The summed E-state index contributed by atoms with van der Waals surface area (Å²) in [5, 5.41) is 5.37. The first kappa shape index (κ1) is 20.3. The van der Waals surface area contributed by atoms with Gasteiger partial charge in [-0.1, -0.05) is 0 Å². The number of benzene rings is 6. The Morgan fingerprint density at radius 1 is 0.333 bits per heavy atom. The van der Waals surface area contributed by atoms with E-state index in [4.69, 9.17) is 0 Å². The van der Waals surface area contributed by atoms with Gasteiger partial charge in [-0.25, -0.2) is 0 Å². The number of hydrogen-bond acceptors (Lipinski definition) is 0.